The van der Waals surface area contributed by atoms with E-state index in [9.17, 15) is 14.7 Å². The predicted molar refractivity (Wildman–Crippen MR) is 128 cm³/mol. The molecule has 0 saturated carbocycles. The molecule has 34 heavy (non-hydrogen) atoms. The first-order valence-corrected chi connectivity index (χ1v) is 11.1. The molecule has 6 nitrogen and oxygen atoms in total. The van der Waals surface area contributed by atoms with Gasteiger partial charge in [0.25, 0.3) is 0 Å². The Hall–Kier alpha value is -4.03. The first kappa shape index (κ1) is 20.6. The lowest BCUT2D eigenvalue weighted by Gasteiger charge is -2.26. The summed E-state index contributed by atoms with van der Waals surface area (Å²) in [5.41, 5.74) is 3.67. The Labute approximate surface area is 199 Å². The second kappa shape index (κ2) is 7.50. The summed E-state index contributed by atoms with van der Waals surface area (Å²) < 4.78 is 13.6. The Morgan fingerprint density at radius 3 is 2.74 bits per heavy atom. The van der Waals surface area contributed by atoms with Gasteiger partial charge in [0.2, 0.25) is 5.78 Å². The number of ketones is 1. The maximum Gasteiger partial charge on any atom is 0.312 e. The van der Waals surface area contributed by atoms with Gasteiger partial charge in [-0.1, -0.05) is 35.9 Å². The molecule has 2 aliphatic rings. The molecule has 1 atom stereocenters. The molecule has 1 N–H and O–H groups in total. The van der Waals surface area contributed by atoms with Crippen molar-refractivity contribution in [3.63, 3.8) is 0 Å². The van der Waals surface area contributed by atoms with Crippen LogP contribution in [-0.2, 0) is 11.8 Å². The Morgan fingerprint density at radius 2 is 1.91 bits per heavy atom. The standard InChI is InChI=1S/C27H18ClNO5/c1-29-13-15(16-4-2-3-5-20(16)29)11-23-26(32)17-7-9-22-25(27(17)34-23)18(12-24(31)33-22)14-6-8-21(30)19(28)10-14/h2-11,13,18,30H,12H2,1H3/b23-11-/t18-/m1/s1. The second-order valence-electron chi connectivity index (χ2n) is 8.45. The topological polar surface area (TPSA) is 77.8 Å². The number of para-hydroxylation sites is 1. The van der Waals surface area contributed by atoms with Crippen LogP contribution in [0.25, 0.3) is 17.0 Å². The summed E-state index contributed by atoms with van der Waals surface area (Å²) in [6, 6.07) is 16.0. The molecule has 0 radical (unpaired) electrons. The van der Waals surface area contributed by atoms with Crippen LogP contribution in [-0.4, -0.2) is 21.4 Å². The average Bonchev–Trinajstić information content (AvgIpc) is 3.31. The number of Topliss-reactive ketones (excluding diaryl/α,β-unsaturated/α-hetero) is 1. The molecular weight excluding hydrogens is 454 g/mol. The molecule has 168 valence electrons. The third-order valence-corrected chi connectivity index (χ3v) is 6.67. The lowest BCUT2D eigenvalue weighted by atomic mass is 9.84. The normalized spacial score (nSPS) is 18.1. The number of aryl methyl sites for hydroxylation is 1. The third kappa shape index (κ3) is 3.10. The largest absolute Gasteiger partial charge is 0.506 e. The number of hydrogen-bond donors (Lipinski definition) is 1. The quantitative estimate of drug-likeness (QED) is 0.234. The first-order chi connectivity index (χ1) is 16.4. The van der Waals surface area contributed by atoms with Crippen molar-refractivity contribution in [3.05, 3.63) is 93.8 Å². The van der Waals surface area contributed by atoms with Gasteiger partial charge < -0.3 is 19.1 Å². The minimum Gasteiger partial charge on any atom is -0.506 e. The number of halogens is 1. The van der Waals surface area contributed by atoms with Crippen molar-refractivity contribution in [2.75, 3.05) is 0 Å². The van der Waals surface area contributed by atoms with Crippen molar-refractivity contribution >= 4 is 40.3 Å². The van der Waals surface area contributed by atoms with E-state index >= 15 is 0 Å². The van der Waals surface area contributed by atoms with E-state index in [0.29, 0.717) is 22.6 Å². The number of rotatable bonds is 2. The van der Waals surface area contributed by atoms with Gasteiger partial charge in [-0.2, -0.15) is 0 Å². The zero-order chi connectivity index (χ0) is 23.6. The summed E-state index contributed by atoms with van der Waals surface area (Å²) in [7, 11) is 1.95. The number of aromatic nitrogens is 1. The molecule has 2 aliphatic heterocycles. The molecule has 0 spiro atoms. The van der Waals surface area contributed by atoms with E-state index < -0.39 is 11.9 Å². The zero-order valence-electron chi connectivity index (χ0n) is 18.0. The van der Waals surface area contributed by atoms with Gasteiger partial charge in [0.1, 0.15) is 17.2 Å². The number of benzene rings is 3. The predicted octanol–water partition coefficient (Wildman–Crippen LogP) is 5.59. The minimum atomic E-state index is -0.436. The summed E-state index contributed by atoms with van der Waals surface area (Å²) >= 11 is 6.14. The fourth-order valence-electron chi connectivity index (χ4n) is 4.76. The van der Waals surface area contributed by atoms with Gasteiger partial charge in [0.15, 0.2) is 5.76 Å². The van der Waals surface area contributed by atoms with Crippen LogP contribution in [0.4, 0.5) is 0 Å². The molecule has 0 aliphatic carbocycles. The number of allylic oxidation sites excluding steroid dienone is 1. The average molecular weight is 472 g/mol. The highest BCUT2D eigenvalue weighted by molar-refractivity contribution is 6.32. The van der Waals surface area contributed by atoms with Crippen molar-refractivity contribution in [3.8, 4) is 17.2 Å². The molecule has 7 heteroatoms. The molecule has 4 aromatic rings. The second-order valence-corrected chi connectivity index (χ2v) is 8.86. The van der Waals surface area contributed by atoms with E-state index in [1.165, 1.54) is 6.07 Å². The summed E-state index contributed by atoms with van der Waals surface area (Å²) in [4.78, 5) is 25.6. The highest BCUT2D eigenvalue weighted by Crippen LogP contribution is 2.49. The number of nitrogens with zero attached hydrogens (tertiary/aromatic N) is 1. The molecule has 6 rings (SSSR count). The third-order valence-electron chi connectivity index (χ3n) is 6.37. The number of hydrogen-bond acceptors (Lipinski definition) is 5. The van der Waals surface area contributed by atoms with Gasteiger partial charge in [-0.05, 0) is 42.0 Å². The smallest absolute Gasteiger partial charge is 0.312 e. The maximum absolute atomic E-state index is 13.3. The molecule has 0 fully saturated rings. The number of phenolic OH excluding ortho intramolecular Hbond substituents is 1. The highest BCUT2D eigenvalue weighted by atomic mass is 35.5. The van der Waals surface area contributed by atoms with Gasteiger partial charge in [-0.15, -0.1) is 0 Å². The van der Waals surface area contributed by atoms with Gasteiger partial charge in [-0.3, -0.25) is 9.59 Å². The van der Waals surface area contributed by atoms with Gasteiger partial charge >= 0.3 is 5.97 Å². The summed E-state index contributed by atoms with van der Waals surface area (Å²) in [5.74, 6) is -0.163. The molecule has 1 aromatic heterocycles. The van der Waals surface area contributed by atoms with E-state index in [4.69, 9.17) is 21.1 Å². The van der Waals surface area contributed by atoms with E-state index in [2.05, 4.69) is 0 Å². The summed E-state index contributed by atoms with van der Waals surface area (Å²) in [5, 5.41) is 11.0. The molecular formula is C27H18ClNO5. The van der Waals surface area contributed by atoms with Gasteiger partial charge in [-0.25, -0.2) is 0 Å². The number of fused-ring (bicyclic) bond motifs is 4. The van der Waals surface area contributed by atoms with Gasteiger partial charge in [0, 0.05) is 41.2 Å². The van der Waals surface area contributed by atoms with Crippen LogP contribution in [0.1, 0.15) is 39.4 Å². The van der Waals surface area contributed by atoms with Crippen molar-refractivity contribution in [2.45, 2.75) is 12.3 Å². The lowest BCUT2D eigenvalue weighted by Crippen LogP contribution is -2.21. The first-order valence-electron chi connectivity index (χ1n) is 10.7. The number of carbonyl (C=O) groups excluding carboxylic acids is 2. The number of phenols is 1. The van der Waals surface area contributed by atoms with Crippen LogP contribution in [0.2, 0.25) is 5.02 Å². The Morgan fingerprint density at radius 1 is 1.09 bits per heavy atom. The Kier molecular flexibility index (Phi) is 4.54. The maximum atomic E-state index is 13.3. The Balaban J connectivity index is 1.48. The molecule has 0 unspecified atom stereocenters. The number of esters is 1. The fraction of sp³-hybridized carbons (Fsp3) is 0.111. The molecule has 3 aromatic carbocycles. The highest BCUT2D eigenvalue weighted by Gasteiger charge is 2.38. The number of carbonyl (C=O) groups is 2. The monoisotopic (exact) mass is 471 g/mol. The minimum absolute atomic E-state index is 0.0472. The molecule has 0 bridgehead atoms. The van der Waals surface area contributed by atoms with Crippen LogP contribution < -0.4 is 9.47 Å². The van der Waals surface area contributed by atoms with Gasteiger partial charge in [0.05, 0.1) is 17.0 Å². The number of ether oxygens (including phenoxy) is 2. The lowest BCUT2D eigenvalue weighted by molar-refractivity contribution is -0.135. The van der Waals surface area contributed by atoms with Crippen LogP contribution >= 0.6 is 11.6 Å². The number of aromatic hydroxyl groups is 1. The van der Waals surface area contributed by atoms with Crippen molar-refractivity contribution in [1.29, 1.82) is 0 Å². The fourth-order valence-corrected chi connectivity index (χ4v) is 4.95. The molecule has 0 saturated heterocycles. The van der Waals surface area contributed by atoms with E-state index in [1.54, 1.807) is 30.3 Å². The van der Waals surface area contributed by atoms with Crippen LogP contribution in [0, 0.1) is 0 Å². The Bertz CT molecular complexity index is 1570. The van der Waals surface area contributed by atoms with Crippen LogP contribution in [0.3, 0.4) is 0 Å². The van der Waals surface area contributed by atoms with Crippen molar-refractivity contribution < 1.29 is 24.2 Å². The van der Waals surface area contributed by atoms with E-state index in [1.807, 2.05) is 42.1 Å². The van der Waals surface area contributed by atoms with Crippen molar-refractivity contribution in [1.82, 2.24) is 4.57 Å². The zero-order valence-corrected chi connectivity index (χ0v) is 18.8. The van der Waals surface area contributed by atoms with Crippen LogP contribution in [0.15, 0.2) is 66.6 Å². The van der Waals surface area contributed by atoms with Crippen molar-refractivity contribution in [2.24, 2.45) is 7.05 Å². The van der Waals surface area contributed by atoms with E-state index in [-0.39, 0.29) is 28.7 Å². The SMILES string of the molecule is Cn1cc(/C=C2\Oc3c(ccc4c3[C@@H](c3ccc(O)c(Cl)c3)CC(=O)O4)C2=O)c2ccccc21. The molecule has 3 heterocycles. The molecule has 0 amide bonds. The summed E-state index contributed by atoms with van der Waals surface area (Å²) in [6.45, 7) is 0. The summed E-state index contributed by atoms with van der Waals surface area (Å²) in [6.07, 6.45) is 3.76. The van der Waals surface area contributed by atoms with Crippen LogP contribution in [0.5, 0.6) is 17.2 Å². The van der Waals surface area contributed by atoms with E-state index in [0.717, 1.165) is 22.0 Å².